The number of hydrogen-bond donors (Lipinski definition) is 1. The zero-order valence-electron chi connectivity index (χ0n) is 8.82. The average Bonchev–Trinajstić information content (AvgIpc) is 2.18. The quantitative estimate of drug-likeness (QED) is 0.469. The number of ether oxygens (including phenoxy) is 1. The van der Waals surface area contributed by atoms with Crippen molar-refractivity contribution in [2.75, 3.05) is 12.3 Å². The largest absolute Gasteiger partial charge is 0.491 e. The Labute approximate surface area is 88.0 Å². The maximum absolute atomic E-state index is 10.7. The fourth-order valence-corrected chi connectivity index (χ4v) is 1.23. The second-order valence-corrected chi connectivity index (χ2v) is 3.30. The van der Waals surface area contributed by atoms with Crippen molar-refractivity contribution in [1.29, 1.82) is 0 Å². The van der Waals surface area contributed by atoms with Gasteiger partial charge in [0.15, 0.2) is 5.69 Å². The number of nitrogens with two attached hydrogens (primary N) is 1. The topological polar surface area (TPSA) is 78.4 Å². The average molecular weight is 210 g/mol. The van der Waals surface area contributed by atoms with Crippen molar-refractivity contribution in [2.24, 2.45) is 0 Å². The van der Waals surface area contributed by atoms with Crippen molar-refractivity contribution in [3.8, 4) is 5.75 Å². The van der Waals surface area contributed by atoms with Crippen LogP contribution in [0.15, 0.2) is 12.1 Å². The Bertz CT molecular complexity index is 377. The van der Waals surface area contributed by atoms with E-state index in [1.165, 1.54) is 6.07 Å². The molecule has 0 atom stereocenters. The van der Waals surface area contributed by atoms with Crippen LogP contribution in [0.4, 0.5) is 11.4 Å². The molecule has 0 bridgehead atoms. The van der Waals surface area contributed by atoms with E-state index in [1.54, 1.807) is 13.0 Å². The Hall–Kier alpha value is -1.78. The number of nitrogens with zero attached hydrogens (tertiary/aromatic N) is 1. The summed E-state index contributed by atoms with van der Waals surface area (Å²) < 4.78 is 5.33. The van der Waals surface area contributed by atoms with E-state index in [-0.39, 0.29) is 11.4 Å². The Morgan fingerprint density at radius 2 is 2.20 bits per heavy atom. The van der Waals surface area contributed by atoms with Crippen LogP contribution in [0, 0.1) is 17.0 Å². The standard InChI is InChI=1S/C10H14N2O3/c1-3-4-15-9-6-7(2)5-8(10(9)11)12(13)14/h5-6H,3-4,11H2,1-2H3. The van der Waals surface area contributed by atoms with E-state index in [9.17, 15) is 10.1 Å². The van der Waals surface area contributed by atoms with Crippen molar-refractivity contribution in [2.45, 2.75) is 20.3 Å². The predicted octanol–water partition coefficient (Wildman–Crippen LogP) is 2.27. The van der Waals surface area contributed by atoms with Crippen molar-refractivity contribution in [3.63, 3.8) is 0 Å². The van der Waals surface area contributed by atoms with Gasteiger partial charge in [-0.2, -0.15) is 0 Å². The number of nitro benzene ring substituents is 1. The molecule has 0 saturated carbocycles. The van der Waals surface area contributed by atoms with Crippen LogP contribution in [0.1, 0.15) is 18.9 Å². The zero-order valence-corrected chi connectivity index (χ0v) is 8.82. The smallest absolute Gasteiger partial charge is 0.296 e. The van der Waals surface area contributed by atoms with Crippen molar-refractivity contribution in [3.05, 3.63) is 27.8 Å². The molecule has 1 aromatic rings. The van der Waals surface area contributed by atoms with E-state index >= 15 is 0 Å². The van der Waals surface area contributed by atoms with Crippen LogP contribution in [0.2, 0.25) is 0 Å². The fourth-order valence-electron chi connectivity index (χ4n) is 1.23. The minimum absolute atomic E-state index is 0.0962. The molecule has 15 heavy (non-hydrogen) atoms. The minimum Gasteiger partial charge on any atom is -0.491 e. The van der Waals surface area contributed by atoms with Gasteiger partial charge in [0.25, 0.3) is 5.69 Å². The first kappa shape index (κ1) is 11.3. The lowest BCUT2D eigenvalue weighted by Crippen LogP contribution is -2.02. The van der Waals surface area contributed by atoms with Gasteiger partial charge in [-0.3, -0.25) is 10.1 Å². The van der Waals surface area contributed by atoms with E-state index in [4.69, 9.17) is 10.5 Å². The third kappa shape index (κ3) is 2.59. The highest BCUT2D eigenvalue weighted by Crippen LogP contribution is 2.32. The summed E-state index contributed by atoms with van der Waals surface area (Å²) >= 11 is 0. The lowest BCUT2D eigenvalue weighted by Gasteiger charge is -2.08. The van der Waals surface area contributed by atoms with Gasteiger partial charge in [0, 0.05) is 6.07 Å². The molecule has 1 aromatic carbocycles. The van der Waals surface area contributed by atoms with Crippen LogP contribution in [-0.2, 0) is 0 Å². The first-order chi connectivity index (χ1) is 7.06. The first-order valence-electron chi connectivity index (χ1n) is 4.73. The molecule has 0 aromatic heterocycles. The Morgan fingerprint density at radius 3 is 2.73 bits per heavy atom. The summed E-state index contributed by atoms with van der Waals surface area (Å²) in [4.78, 5) is 10.2. The van der Waals surface area contributed by atoms with Crippen LogP contribution in [0.5, 0.6) is 5.75 Å². The van der Waals surface area contributed by atoms with Gasteiger partial charge in [-0.15, -0.1) is 0 Å². The highest BCUT2D eigenvalue weighted by atomic mass is 16.6. The number of rotatable bonds is 4. The lowest BCUT2D eigenvalue weighted by molar-refractivity contribution is -0.384. The van der Waals surface area contributed by atoms with Gasteiger partial charge in [-0.05, 0) is 25.0 Å². The molecule has 0 amide bonds. The molecular formula is C10H14N2O3. The van der Waals surface area contributed by atoms with E-state index in [0.717, 1.165) is 12.0 Å². The van der Waals surface area contributed by atoms with Gasteiger partial charge in [-0.25, -0.2) is 0 Å². The van der Waals surface area contributed by atoms with Crippen LogP contribution in [0.25, 0.3) is 0 Å². The summed E-state index contributed by atoms with van der Waals surface area (Å²) in [6, 6.07) is 3.14. The van der Waals surface area contributed by atoms with E-state index in [1.807, 2.05) is 6.92 Å². The van der Waals surface area contributed by atoms with Crippen LogP contribution < -0.4 is 10.5 Å². The number of anilines is 1. The van der Waals surface area contributed by atoms with Crippen molar-refractivity contribution >= 4 is 11.4 Å². The number of nitro groups is 1. The molecule has 1 rings (SSSR count). The van der Waals surface area contributed by atoms with Crippen LogP contribution in [-0.4, -0.2) is 11.5 Å². The third-order valence-electron chi connectivity index (χ3n) is 1.92. The van der Waals surface area contributed by atoms with E-state index in [2.05, 4.69) is 0 Å². The molecular weight excluding hydrogens is 196 g/mol. The molecule has 0 spiro atoms. The molecule has 0 fully saturated rings. The van der Waals surface area contributed by atoms with Gasteiger partial charge in [0.2, 0.25) is 0 Å². The highest BCUT2D eigenvalue weighted by molar-refractivity contribution is 5.68. The minimum atomic E-state index is -0.499. The zero-order chi connectivity index (χ0) is 11.4. The monoisotopic (exact) mass is 210 g/mol. The number of aryl methyl sites for hydroxylation is 1. The molecule has 0 unspecified atom stereocenters. The Morgan fingerprint density at radius 1 is 1.53 bits per heavy atom. The summed E-state index contributed by atoms with van der Waals surface area (Å²) in [5.41, 5.74) is 6.39. The molecule has 5 nitrogen and oxygen atoms in total. The van der Waals surface area contributed by atoms with Crippen LogP contribution in [0.3, 0.4) is 0 Å². The van der Waals surface area contributed by atoms with Gasteiger partial charge >= 0.3 is 0 Å². The predicted molar refractivity (Wildman–Crippen MR) is 58.0 cm³/mol. The maximum Gasteiger partial charge on any atom is 0.296 e. The molecule has 0 radical (unpaired) electrons. The van der Waals surface area contributed by atoms with E-state index < -0.39 is 4.92 Å². The molecule has 0 heterocycles. The molecule has 5 heteroatoms. The summed E-state index contributed by atoms with van der Waals surface area (Å²) in [5, 5.41) is 10.7. The summed E-state index contributed by atoms with van der Waals surface area (Å²) in [7, 11) is 0. The summed E-state index contributed by atoms with van der Waals surface area (Å²) in [5.74, 6) is 0.392. The molecule has 0 aliphatic heterocycles. The lowest BCUT2D eigenvalue weighted by atomic mass is 10.2. The second kappa shape index (κ2) is 4.63. The number of hydrogen-bond acceptors (Lipinski definition) is 4. The molecule has 82 valence electrons. The van der Waals surface area contributed by atoms with Crippen LogP contribution >= 0.6 is 0 Å². The highest BCUT2D eigenvalue weighted by Gasteiger charge is 2.16. The van der Waals surface area contributed by atoms with Crippen molar-refractivity contribution < 1.29 is 9.66 Å². The third-order valence-corrected chi connectivity index (χ3v) is 1.92. The van der Waals surface area contributed by atoms with Crippen molar-refractivity contribution in [1.82, 2.24) is 0 Å². The second-order valence-electron chi connectivity index (χ2n) is 3.30. The normalized spacial score (nSPS) is 10.0. The molecule has 2 N–H and O–H groups in total. The number of nitrogen functional groups attached to an aromatic ring is 1. The fraction of sp³-hybridized carbons (Fsp3) is 0.400. The summed E-state index contributed by atoms with van der Waals surface area (Å²) in [6.07, 6.45) is 0.835. The van der Waals surface area contributed by atoms with Gasteiger partial charge < -0.3 is 10.5 Å². The maximum atomic E-state index is 10.7. The van der Waals surface area contributed by atoms with Gasteiger partial charge in [0.05, 0.1) is 11.5 Å². The Balaban J connectivity index is 3.10. The molecule has 0 saturated heterocycles. The number of benzene rings is 1. The SMILES string of the molecule is CCCOc1cc(C)cc([N+](=O)[O-])c1N. The molecule has 0 aliphatic rings. The van der Waals surface area contributed by atoms with E-state index in [0.29, 0.717) is 12.4 Å². The molecule has 0 aliphatic carbocycles. The summed E-state index contributed by atoms with van der Waals surface area (Å²) in [6.45, 7) is 4.23. The first-order valence-corrected chi connectivity index (χ1v) is 4.73. The van der Waals surface area contributed by atoms with Gasteiger partial charge in [0.1, 0.15) is 5.75 Å². The Kier molecular flexibility index (Phi) is 3.49. The van der Waals surface area contributed by atoms with Gasteiger partial charge in [-0.1, -0.05) is 6.92 Å².